The Morgan fingerprint density at radius 3 is 2.73 bits per heavy atom. The molecule has 1 aliphatic rings. The minimum Gasteiger partial charge on any atom is -0.478 e. The van der Waals surface area contributed by atoms with Gasteiger partial charge in [-0.05, 0) is 31.0 Å². The molecule has 0 aliphatic carbocycles. The van der Waals surface area contributed by atoms with Gasteiger partial charge in [-0.15, -0.1) is 11.8 Å². The van der Waals surface area contributed by atoms with Gasteiger partial charge in [0.05, 0.1) is 22.8 Å². The Morgan fingerprint density at radius 2 is 2.14 bits per heavy atom. The van der Waals surface area contributed by atoms with Crippen LogP contribution < -0.4 is 5.32 Å². The second kappa shape index (κ2) is 6.70. The van der Waals surface area contributed by atoms with Gasteiger partial charge in [-0.2, -0.15) is 0 Å². The lowest BCUT2D eigenvalue weighted by atomic mass is 10.1. The van der Waals surface area contributed by atoms with E-state index in [4.69, 9.17) is 5.11 Å². The van der Waals surface area contributed by atoms with Crippen LogP contribution in [0.3, 0.4) is 0 Å². The average molecular weight is 343 g/mol. The van der Waals surface area contributed by atoms with E-state index in [-0.39, 0.29) is 34.0 Å². The predicted octanol–water partition coefficient (Wildman–Crippen LogP) is 1.55. The summed E-state index contributed by atoms with van der Waals surface area (Å²) in [5.74, 6) is -0.859. The standard InChI is InChI=1S/C14H17NO5S2/c1-9-2-3-10(14(17)18)6-12(9)15-13(16)7-21-11-4-5-22(19,20)8-11/h2-3,6,11H,4-5,7-8H2,1H3,(H,15,16)(H,17,18). The number of anilines is 1. The normalized spacial score (nSPS) is 19.8. The zero-order valence-corrected chi connectivity index (χ0v) is 13.7. The number of hydrogen-bond donors (Lipinski definition) is 2. The Kier molecular flexibility index (Phi) is 5.12. The van der Waals surface area contributed by atoms with Gasteiger partial charge in [-0.3, -0.25) is 4.79 Å². The van der Waals surface area contributed by atoms with Crippen LogP contribution >= 0.6 is 11.8 Å². The van der Waals surface area contributed by atoms with Crippen LogP contribution in [-0.4, -0.2) is 47.9 Å². The number of nitrogens with one attached hydrogen (secondary N) is 1. The molecule has 0 aromatic heterocycles. The van der Waals surface area contributed by atoms with Crippen molar-refractivity contribution in [3.8, 4) is 0 Å². The highest BCUT2D eigenvalue weighted by Gasteiger charge is 2.28. The first-order valence-electron chi connectivity index (χ1n) is 6.72. The van der Waals surface area contributed by atoms with Gasteiger partial charge in [0, 0.05) is 10.9 Å². The number of rotatable bonds is 5. The monoisotopic (exact) mass is 343 g/mol. The molecule has 2 N–H and O–H groups in total. The summed E-state index contributed by atoms with van der Waals surface area (Å²) >= 11 is 1.32. The molecule has 120 valence electrons. The molecule has 1 aromatic rings. The SMILES string of the molecule is Cc1ccc(C(=O)O)cc1NC(=O)CSC1CCS(=O)(=O)C1. The number of carboxylic acid groups (broad SMARTS) is 1. The lowest BCUT2D eigenvalue weighted by Crippen LogP contribution is -2.18. The van der Waals surface area contributed by atoms with E-state index in [0.717, 1.165) is 5.56 Å². The summed E-state index contributed by atoms with van der Waals surface area (Å²) < 4.78 is 22.7. The van der Waals surface area contributed by atoms with E-state index in [9.17, 15) is 18.0 Å². The minimum atomic E-state index is -2.94. The van der Waals surface area contributed by atoms with Gasteiger partial charge in [0.15, 0.2) is 9.84 Å². The summed E-state index contributed by atoms with van der Waals surface area (Å²) in [6.07, 6.45) is 0.577. The van der Waals surface area contributed by atoms with Gasteiger partial charge in [0.1, 0.15) is 0 Å². The van der Waals surface area contributed by atoms with E-state index in [1.165, 1.54) is 23.9 Å². The molecule has 6 nitrogen and oxygen atoms in total. The summed E-state index contributed by atoms with van der Waals surface area (Å²) in [5.41, 5.74) is 1.34. The van der Waals surface area contributed by atoms with Crippen LogP contribution in [0, 0.1) is 6.92 Å². The van der Waals surface area contributed by atoms with Gasteiger partial charge in [-0.25, -0.2) is 13.2 Å². The van der Waals surface area contributed by atoms with Crippen LogP contribution in [0.2, 0.25) is 0 Å². The molecule has 1 amide bonds. The lowest BCUT2D eigenvalue weighted by molar-refractivity contribution is -0.113. The van der Waals surface area contributed by atoms with Crippen molar-refractivity contribution in [3.63, 3.8) is 0 Å². The van der Waals surface area contributed by atoms with Crippen LogP contribution in [0.25, 0.3) is 0 Å². The fourth-order valence-corrected chi connectivity index (χ4v) is 5.61. The minimum absolute atomic E-state index is 0.0396. The van der Waals surface area contributed by atoms with Crippen molar-refractivity contribution in [1.82, 2.24) is 0 Å². The number of carbonyl (C=O) groups excluding carboxylic acids is 1. The topological polar surface area (TPSA) is 101 Å². The van der Waals surface area contributed by atoms with E-state index in [2.05, 4.69) is 5.32 Å². The van der Waals surface area contributed by atoms with Crippen LogP contribution in [0.1, 0.15) is 22.3 Å². The molecule has 0 radical (unpaired) electrons. The molecule has 1 aromatic carbocycles. The molecule has 1 aliphatic heterocycles. The molecule has 1 unspecified atom stereocenters. The van der Waals surface area contributed by atoms with Crippen LogP contribution in [0.15, 0.2) is 18.2 Å². The highest BCUT2D eigenvalue weighted by atomic mass is 32.2. The molecule has 0 bridgehead atoms. The summed E-state index contributed by atoms with van der Waals surface area (Å²) in [6.45, 7) is 1.78. The molecular weight excluding hydrogens is 326 g/mol. The summed E-state index contributed by atoms with van der Waals surface area (Å²) in [5, 5.41) is 11.6. The molecule has 8 heteroatoms. The molecule has 22 heavy (non-hydrogen) atoms. The van der Waals surface area contributed by atoms with E-state index in [1.807, 2.05) is 0 Å². The van der Waals surface area contributed by atoms with Crippen LogP contribution in [0.5, 0.6) is 0 Å². The van der Waals surface area contributed by atoms with E-state index in [0.29, 0.717) is 12.1 Å². The zero-order chi connectivity index (χ0) is 16.3. The number of aryl methyl sites for hydroxylation is 1. The number of benzene rings is 1. The van der Waals surface area contributed by atoms with Gasteiger partial charge in [0.25, 0.3) is 0 Å². The Hall–Kier alpha value is -1.54. The number of carbonyl (C=O) groups is 2. The lowest BCUT2D eigenvalue weighted by Gasteiger charge is -2.11. The number of hydrogen-bond acceptors (Lipinski definition) is 5. The van der Waals surface area contributed by atoms with Crippen molar-refractivity contribution in [2.75, 3.05) is 22.6 Å². The smallest absolute Gasteiger partial charge is 0.335 e. The van der Waals surface area contributed by atoms with E-state index < -0.39 is 15.8 Å². The first kappa shape index (κ1) is 16.8. The number of amides is 1. The number of carboxylic acids is 1. The van der Waals surface area contributed by atoms with Gasteiger partial charge in [-0.1, -0.05) is 6.07 Å². The van der Waals surface area contributed by atoms with Crippen LogP contribution in [0.4, 0.5) is 5.69 Å². The fraction of sp³-hybridized carbons (Fsp3) is 0.429. The first-order chi connectivity index (χ1) is 10.3. The molecule has 0 saturated carbocycles. The maximum atomic E-state index is 11.9. The second-order valence-corrected chi connectivity index (χ2v) is 8.74. The second-order valence-electron chi connectivity index (χ2n) is 5.22. The highest BCUT2D eigenvalue weighted by molar-refractivity contribution is 8.02. The van der Waals surface area contributed by atoms with Crippen molar-refractivity contribution < 1.29 is 23.1 Å². The number of sulfone groups is 1. The molecule has 0 spiro atoms. The zero-order valence-electron chi connectivity index (χ0n) is 12.0. The summed E-state index contributed by atoms with van der Waals surface area (Å²) in [6, 6.07) is 4.53. The highest BCUT2D eigenvalue weighted by Crippen LogP contribution is 2.24. The van der Waals surface area contributed by atoms with Crippen molar-refractivity contribution >= 4 is 39.2 Å². The Balaban J connectivity index is 1.92. The largest absolute Gasteiger partial charge is 0.478 e. The third kappa shape index (κ3) is 4.48. The van der Waals surface area contributed by atoms with Gasteiger partial charge in [0.2, 0.25) is 5.91 Å². The van der Waals surface area contributed by atoms with Crippen molar-refractivity contribution in [2.45, 2.75) is 18.6 Å². The average Bonchev–Trinajstić information content (AvgIpc) is 2.78. The number of thioether (sulfide) groups is 1. The number of aromatic carboxylic acids is 1. The molecule has 2 rings (SSSR count). The molecule has 1 atom stereocenters. The molecular formula is C14H17NO5S2. The fourth-order valence-electron chi connectivity index (χ4n) is 2.16. The van der Waals surface area contributed by atoms with Gasteiger partial charge >= 0.3 is 5.97 Å². The third-order valence-corrected chi connectivity index (χ3v) is 6.68. The Morgan fingerprint density at radius 1 is 1.41 bits per heavy atom. The molecule has 1 heterocycles. The summed E-state index contributed by atoms with van der Waals surface area (Å²) in [7, 11) is -2.94. The van der Waals surface area contributed by atoms with Crippen LogP contribution in [-0.2, 0) is 14.6 Å². The Bertz CT molecular complexity index is 699. The van der Waals surface area contributed by atoms with Crippen molar-refractivity contribution in [3.05, 3.63) is 29.3 Å². The quantitative estimate of drug-likeness (QED) is 0.841. The van der Waals surface area contributed by atoms with Gasteiger partial charge < -0.3 is 10.4 Å². The third-order valence-electron chi connectivity index (χ3n) is 3.40. The van der Waals surface area contributed by atoms with E-state index in [1.54, 1.807) is 13.0 Å². The maximum absolute atomic E-state index is 11.9. The van der Waals surface area contributed by atoms with E-state index >= 15 is 0 Å². The summed E-state index contributed by atoms with van der Waals surface area (Å²) in [4.78, 5) is 22.9. The first-order valence-corrected chi connectivity index (χ1v) is 9.60. The van der Waals surface area contributed by atoms with Crippen molar-refractivity contribution in [1.29, 1.82) is 0 Å². The molecule has 1 saturated heterocycles. The molecule has 1 fully saturated rings. The maximum Gasteiger partial charge on any atom is 0.335 e. The van der Waals surface area contributed by atoms with Crippen molar-refractivity contribution in [2.24, 2.45) is 0 Å². The Labute approximate surface area is 133 Å². The predicted molar refractivity (Wildman–Crippen MR) is 86.3 cm³/mol.